The van der Waals surface area contributed by atoms with E-state index in [0.717, 1.165) is 12.1 Å². The molecule has 0 aromatic heterocycles. The third-order valence-corrected chi connectivity index (χ3v) is 3.02. The Labute approximate surface area is 131 Å². The summed E-state index contributed by atoms with van der Waals surface area (Å²) < 4.78 is 42.3. The molecular formula is C17H14F3NO2. The van der Waals surface area contributed by atoms with Crippen LogP contribution < -0.4 is 10.1 Å². The number of carbonyl (C=O) groups excluding carboxylic acids is 1. The maximum atomic E-state index is 12.4. The van der Waals surface area contributed by atoms with Crippen molar-refractivity contribution in [3.8, 4) is 5.75 Å². The highest BCUT2D eigenvalue weighted by Gasteiger charge is 2.29. The molecule has 0 spiro atoms. The molecule has 0 aliphatic rings. The largest absolute Gasteiger partial charge is 0.497 e. The fraction of sp³-hybridized carbons (Fsp3) is 0.118. The molecule has 23 heavy (non-hydrogen) atoms. The van der Waals surface area contributed by atoms with E-state index in [0.29, 0.717) is 17.0 Å². The normalized spacial score (nSPS) is 11.5. The van der Waals surface area contributed by atoms with Crippen LogP contribution in [0.4, 0.5) is 18.9 Å². The van der Waals surface area contributed by atoms with Gasteiger partial charge in [0.25, 0.3) is 0 Å². The van der Waals surface area contributed by atoms with Gasteiger partial charge in [-0.2, -0.15) is 13.2 Å². The highest BCUT2D eigenvalue weighted by molar-refractivity contribution is 6.01. The molecule has 0 fully saturated rings. The molecule has 1 N–H and O–H groups in total. The number of anilines is 1. The molecule has 6 heteroatoms. The second kappa shape index (κ2) is 7.00. The van der Waals surface area contributed by atoms with Crippen LogP contribution in [0.3, 0.4) is 0 Å². The minimum Gasteiger partial charge on any atom is -0.497 e. The zero-order chi connectivity index (χ0) is 16.9. The van der Waals surface area contributed by atoms with Gasteiger partial charge in [-0.15, -0.1) is 0 Å². The molecule has 0 saturated carbocycles. The molecule has 3 nitrogen and oxygen atoms in total. The lowest BCUT2D eigenvalue weighted by Gasteiger charge is -2.06. The number of methoxy groups -OCH3 is 1. The first-order valence-electron chi connectivity index (χ1n) is 6.69. The molecule has 0 heterocycles. The molecule has 0 aliphatic carbocycles. The lowest BCUT2D eigenvalue weighted by Crippen LogP contribution is -2.07. The summed E-state index contributed by atoms with van der Waals surface area (Å²) in [5.41, 5.74) is 0.369. The van der Waals surface area contributed by atoms with E-state index in [4.69, 9.17) is 4.74 Å². The van der Waals surface area contributed by atoms with Gasteiger partial charge in [0.15, 0.2) is 0 Å². The summed E-state index contributed by atoms with van der Waals surface area (Å²) in [5, 5.41) is 2.64. The van der Waals surface area contributed by atoms with Gasteiger partial charge in [-0.1, -0.05) is 12.1 Å². The number of carbonyl (C=O) groups is 1. The number of hydrogen-bond acceptors (Lipinski definition) is 2. The fourth-order valence-electron chi connectivity index (χ4n) is 1.81. The van der Waals surface area contributed by atoms with Crippen molar-refractivity contribution >= 4 is 17.7 Å². The Balaban J connectivity index is 1.97. The SMILES string of the molecule is COc1ccc(NC(=O)/C=C/c2ccc(C(F)(F)F)cc2)cc1. The molecule has 0 bridgehead atoms. The van der Waals surface area contributed by atoms with Crippen LogP contribution in [0.15, 0.2) is 54.6 Å². The Morgan fingerprint density at radius 2 is 1.65 bits per heavy atom. The van der Waals surface area contributed by atoms with Crippen LogP contribution in [0, 0.1) is 0 Å². The highest BCUT2D eigenvalue weighted by Crippen LogP contribution is 2.29. The van der Waals surface area contributed by atoms with E-state index in [2.05, 4.69) is 5.32 Å². The van der Waals surface area contributed by atoms with E-state index >= 15 is 0 Å². The molecule has 0 atom stereocenters. The summed E-state index contributed by atoms with van der Waals surface area (Å²) in [6, 6.07) is 11.3. The maximum Gasteiger partial charge on any atom is 0.416 e. The number of amides is 1. The number of benzene rings is 2. The van der Waals surface area contributed by atoms with Crippen molar-refractivity contribution in [1.82, 2.24) is 0 Å². The van der Waals surface area contributed by atoms with E-state index in [-0.39, 0.29) is 5.91 Å². The molecule has 2 aromatic rings. The molecule has 0 unspecified atom stereocenters. The first-order valence-corrected chi connectivity index (χ1v) is 6.69. The number of halogens is 3. The third-order valence-electron chi connectivity index (χ3n) is 3.02. The Morgan fingerprint density at radius 3 is 2.17 bits per heavy atom. The Kier molecular flexibility index (Phi) is 5.05. The van der Waals surface area contributed by atoms with Crippen molar-refractivity contribution in [2.75, 3.05) is 12.4 Å². The zero-order valence-electron chi connectivity index (χ0n) is 12.2. The molecule has 120 valence electrons. The van der Waals surface area contributed by atoms with Crippen molar-refractivity contribution < 1.29 is 22.7 Å². The van der Waals surface area contributed by atoms with Gasteiger partial charge in [-0.3, -0.25) is 4.79 Å². The first-order chi connectivity index (χ1) is 10.9. The van der Waals surface area contributed by atoms with E-state index in [1.807, 2.05) is 0 Å². The molecule has 0 radical (unpaired) electrons. The summed E-state index contributed by atoms with van der Waals surface area (Å²) in [4.78, 5) is 11.8. The van der Waals surface area contributed by atoms with Crippen LogP contribution in [0.5, 0.6) is 5.75 Å². The van der Waals surface area contributed by atoms with Crippen LogP contribution in [-0.4, -0.2) is 13.0 Å². The van der Waals surface area contributed by atoms with E-state index in [9.17, 15) is 18.0 Å². The molecule has 0 aliphatic heterocycles. The first kappa shape index (κ1) is 16.6. The Bertz CT molecular complexity index is 689. The van der Waals surface area contributed by atoms with Gasteiger partial charge in [-0.05, 0) is 48.0 Å². The number of rotatable bonds is 4. The van der Waals surface area contributed by atoms with Crippen molar-refractivity contribution in [3.05, 3.63) is 65.7 Å². The topological polar surface area (TPSA) is 38.3 Å². The Morgan fingerprint density at radius 1 is 1.04 bits per heavy atom. The van der Waals surface area contributed by atoms with Crippen molar-refractivity contribution in [2.24, 2.45) is 0 Å². The number of hydrogen-bond donors (Lipinski definition) is 1. The fourth-order valence-corrected chi connectivity index (χ4v) is 1.81. The van der Waals surface area contributed by atoms with E-state index in [1.165, 1.54) is 24.3 Å². The predicted octanol–water partition coefficient (Wildman–Crippen LogP) is 4.37. The number of alkyl halides is 3. The maximum absolute atomic E-state index is 12.4. The second-order valence-corrected chi connectivity index (χ2v) is 4.67. The Hall–Kier alpha value is -2.76. The van der Waals surface area contributed by atoms with Gasteiger partial charge in [0.1, 0.15) is 5.75 Å². The quantitative estimate of drug-likeness (QED) is 0.850. The van der Waals surface area contributed by atoms with Crippen LogP contribution in [0.25, 0.3) is 6.08 Å². The average Bonchev–Trinajstić information content (AvgIpc) is 2.53. The second-order valence-electron chi connectivity index (χ2n) is 4.67. The molecule has 1 amide bonds. The van der Waals surface area contributed by atoms with Gasteiger partial charge in [-0.25, -0.2) is 0 Å². The predicted molar refractivity (Wildman–Crippen MR) is 82.1 cm³/mol. The van der Waals surface area contributed by atoms with E-state index < -0.39 is 11.7 Å². The lowest BCUT2D eigenvalue weighted by atomic mass is 10.1. The van der Waals surface area contributed by atoms with Crippen molar-refractivity contribution in [3.63, 3.8) is 0 Å². The minimum atomic E-state index is -4.37. The van der Waals surface area contributed by atoms with Crippen LogP contribution in [0.1, 0.15) is 11.1 Å². The van der Waals surface area contributed by atoms with Crippen molar-refractivity contribution in [1.29, 1.82) is 0 Å². The standard InChI is InChI=1S/C17H14F3NO2/c1-23-15-9-7-14(8-10-15)21-16(22)11-4-12-2-5-13(6-3-12)17(18,19)20/h2-11H,1H3,(H,21,22)/b11-4+. The molecule has 2 aromatic carbocycles. The zero-order valence-corrected chi connectivity index (χ0v) is 12.2. The van der Waals surface area contributed by atoms with Gasteiger partial charge in [0, 0.05) is 11.8 Å². The van der Waals surface area contributed by atoms with Gasteiger partial charge < -0.3 is 10.1 Å². The number of nitrogens with one attached hydrogen (secondary N) is 1. The van der Waals surface area contributed by atoms with Gasteiger partial charge in [0.2, 0.25) is 5.91 Å². The van der Waals surface area contributed by atoms with E-state index in [1.54, 1.807) is 31.4 Å². The minimum absolute atomic E-state index is 0.380. The van der Waals surface area contributed by atoms with Gasteiger partial charge >= 0.3 is 6.18 Å². The smallest absolute Gasteiger partial charge is 0.416 e. The average molecular weight is 321 g/mol. The highest BCUT2D eigenvalue weighted by atomic mass is 19.4. The summed E-state index contributed by atoms with van der Waals surface area (Å²) in [7, 11) is 1.54. The third kappa shape index (κ3) is 4.88. The van der Waals surface area contributed by atoms with Crippen LogP contribution in [-0.2, 0) is 11.0 Å². The van der Waals surface area contributed by atoms with Crippen molar-refractivity contribution in [2.45, 2.75) is 6.18 Å². The summed E-state index contributed by atoms with van der Waals surface area (Å²) in [6.07, 6.45) is -1.67. The molecular weight excluding hydrogens is 307 g/mol. The van der Waals surface area contributed by atoms with Crippen LogP contribution >= 0.6 is 0 Å². The lowest BCUT2D eigenvalue weighted by molar-refractivity contribution is -0.137. The monoisotopic (exact) mass is 321 g/mol. The molecule has 2 rings (SSSR count). The summed E-state index contributed by atoms with van der Waals surface area (Å²) >= 11 is 0. The van der Waals surface area contributed by atoms with Gasteiger partial charge in [0.05, 0.1) is 12.7 Å². The number of ether oxygens (including phenoxy) is 1. The van der Waals surface area contributed by atoms with Crippen LogP contribution in [0.2, 0.25) is 0 Å². The molecule has 0 saturated heterocycles. The summed E-state index contributed by atoms with van der Waals surface area (Å²) in [5.74, 6) is 0.290. The summed E-state index contributed by atoms with van der Waals surface area (Å²) in [6.45, 7) is 0.